The van der Waals surface area contributed by atoms with E-state index in [9.17, 15) is 4.79 Å². The Bertz CT molecular complexity index is 1120. The molecule has 3 aromatic heterocycles. The van der Waals surface area contributed by atoms with Crippen LogP contribution in [0.5, 0.6) is 0 Å². The Hall–Kier alpha value is -3.68. The van der Waals surface area contributed by atoms with Gasteiger partial charge in [0.25, 0.3) is 5.89 Å². The maximum atomic E-state index is 12.2. The molecule has 148 valence electrons. The average Bonchev–Trinajstić information content (AvgIpc) is 3.41. The molecule has 4 rings (SSSR count). The summed E-state index contributed by atoms with van der Waals surface area (Å²) in [7, 11) is 0. The molecule has 8 nitrogen and oxygen atoms in total. The van der Waals surface area contributed by atoms with Gasteiger partial charge < -0.3 is 14.2 Å². The fraction of sp³-hybridized carbons (Fsp3) is 0.238. The molecular formula is C21H21N5O3. The molecule has 1 amide bonds. The number of nitrogens with zero attached hydrogens (tertiary/aromatic N) is 4. The van der Waals surface area contributed by atoms with Crippen LogP contribution in [0.1, 0.15) is 29.2 Å². The standard InChI is InChI=1S/C21H21N5O3/c1-14-4-3-5-16(10-14)12-26-13-17(11-22-26)23-19(27)6-7-20-24-25-21(29-20)18-8-9-28-15(18)2/h3-5,8-11,13H,6-7,12H2,1-2H3,(H,23,27). The van der Waals surface area contributed by atoms with Crippen LogP contribution < -0.4 is 5.32 Å². The summed E-state index contributed by atoms with van der Waals surface area (Å²) < 4.78 is 12.6. The van der Waals surface area contributed by atoms with Gasteiger partial charge in [-0.2, -0.15) is 5.10 Å². The van der Waals surface area contributed by atoms with Crippen molar-refractivity contribution < 1.29 is 13.6 Å². The number of carbonyl (C=O) groups excluding carboxylic acids is 1. The number of amides is 1. The predicted molar refractivity (Wildman–Crippen MR) is 106 cm³/mol. The van der Waals surface area contributed by atoms with Gasteiger partial charge >= 0.3 is 0 Å². The lowest BCUT2D eigenvalue weighted by Gasteiger charge is -2.03. The molecule has 0 saturated carbocycles. The summed E-state index contributed by atoms with van der Waals surface area (Å²) in [6.45, 7) is 4.53. The number of hydrogen-bond acceptors (Lipinski definition) is 6. The van der Waals surface area contributed by atoms with Crippen LogP contribution in [0.3, 0.4) is 0 Å². The fourth-order valence-electron chi connectivity index (χ4n) is 3.03. The predicted octanol–water partition coefficient (Wildman–Crippen LogP) is 3.76. The normalized spacial score (nSPS) is 11.0. The van der Waals surface area contributed by atoms with Crippen molar-refractivity contribution in [2.75, 3.05) is 5.32 Å². The Morgan fingerprint density at radius 2 is 2.10 bits per heavy atom. The summed E-state index contributed by atoms with van der Waals surface area (Å²) in [4.78, 5) is 12.2. The van der Waals surface area contributed by atoms with Gasteiger partial charge in [0.1, 0.15) is 5.76 Å². The van der Waals surface area contributed by atoms with Gasteiger partial charge in [-0.15, -0.1) is 10.2 Å². The van der Waals surface area contributed by atoms with E-state index < -0.39 is 0 Å². The molecule has 1 N–H and O–H groups in total. The minimum atomic E-state index is -0.139. The first kappa shape index (κ1) is 18.7. The summed E-state index contributed by atoms with van der Waals surface area (Å²) in [6.07, 6.45) is 5.61. The summed E-state index contributed by atoms with van der Waals surface area (Å²) in [6, 6.07) is 10.0. The van der Waals surface area contributed by atoms with E-state index in [1.165, 1.54) is 5.56 Å². The second-order valence-corrected chi connectivity index (χ2v) is 6.86. The van der Waals surface area contributed by atoms with Crippen LogP contribution in [0, 0.1) is 13.8 Å². The van der Waals surface area contributed by atoms with E-state index in [0.717, 1.165) is 11.1 Å². The number of anilines is 1. The average molecular weight is 391 g/mol. The van der Waals surface area contributed by atoms with Crippen molar-refractivity contribution in [2.24, 2.45) is 0 Å². The van der Waals surface area contributed by atoms with Crippen molar-refractivity contribution in [2.45, 2.75) is 33.2 Å². The first-order valence-electron chi connectivity index (χ1n) is 9.31. The molecule has 0 unspecified atom stereocenters. The number of hydrogen-bond donors (Lipinski definition) is 1. The molecule has 0 aliphatic carbocycles. The minimum absolute atomic E-state index is 0.139. The summed E-state index contributed by atoms with van der Waals surface area (Å²) >= 11 is 0. The molecule has 0 atom stereocenters. The zero-order valence-electron chi connectivity index (χ0n) is 16.3. The number of rotatable bonds is 7. The van der Waals surface area contributed by atoms with Gasteiger partial charge in [-0.3, -0.25) is 9.48 Å². The smallest absolute Gasteiger partial charge is 0.251 e. The SMILES string of the molecule is Cc1cccc(Cn2cc(NC(=O)CCc3nnc(-c4ccoc4C)o3)cn2)c1. The highest BCUT2D eigenvalue weighted by molar-refractivity contribution is 5.90. The van der Waals surface area contributed by atoms with Gasteiger partial charge in [0.2, 0.25) is 11.8 Å². The zero-order chi connectivity index (χ0) is 20.2. The number of carbonyl (C=O) groups is 1. The molecule has 29 heavy (non-hydrogen) atoms. The maximum Gasteiger partial charge on any atom is 0.251 e. The molecule has 1 aromatic carbocycles. The lowest BCUT2D eigenvalue weighted by atomic mass is 10.1. The summed E-state index contributed by atoms with van der Waals surface area (Å²) in [5.41, 5.74) is 3.78. The van der Waals surface area contributed by atoms with Gasteiger partial charge in [-0.25, -0.2) is 0 Å². The second kappa shape index (κ2) is 8.14. The third kappa shape index (κ3) is 4.60. The van der Waals surface area contributed by atoms with Crippen LogP contribution in [0.4, 0.5) is 5.69 Å². The van der Waals surface area contributed by atoms with Gasteiger partial charge in [0.05, 0.1) is 30.3 Å². The molecule has 8 heteroatoms. The van der Waals surface area contributed by atoms with Crippen LogP contribution in [-0.2, 0) is 17.8 Å². The van der Waals surface area contributed by atoms with E-state index in [0.29, 0.717) is 36.2 Å². The van der Waals surface area contributed by atoms with Gasteiger partial charge in [-0.05, 0) is 25.5 Å². The zero-order valence-corrected chi connectivity index (χ0v) is 16.3. The van der Waals surface area contributed by atoms with Crippen LogP contribution in [0.2, 0.25) is 0 Å². The highest BCUT2D eigenvalue weighted by Crippen LogP contribution is 2.23. The van der Waals surface area contributed by atoms with Crippen molar-refractivity contribution in [3.8, 4) is 11.5 Å². The lowest BCUT2D eigenvalue weighted by molar-refractivity contribution is -0.116. The van der Waals surface area contributed by atoms with E-state index in [2.05, 4.69) is 45.7 Å². The van der Waals surface area contributed by atoms with Crippen LogP contribution >= 0.6 is 0 Å². The van der Waals surface area contributed by atoms with Crippen molar-refractivity contribution in [1.29, 1.82) is 0 Å². The van der Waals surface area contributed by atoms with Crippen LogP contribution in [0.25, 0.3) is 11.5 Å². The van der Waals surface area contributed by atoms with E-state index in [1.54, 1.807) is 23.2 Å². The second-order valence-electron chi connectivity index (χ2n) is 6.86. The lowest BCUT2D eigenvalue weighted by Crippen LogP contribution is -2.12. The van der Waals surface area contributed by atoms with Crippen molar-refractivity contribution in [3.05, 3.63) is 71.8 Å². The van der Waals surface area contributed by atoms with E-state index in [4.69, 9.17) is 8.83 Å². The topological polar surface area (TPSA) is 99.0 Å². The van der Waals surface area contributed by atoms with Crippen molar-refractivity contribution >= 4 is 11.6 Å². The molecule has 0 saturated heterocycles. The number of nitrogens with one attached hydrogen (secondary N) is 1. The molecule has 0 aliphatic rings. The number of aryl methyl sites for hydroxylation is 3. The molecule has 0 aliphatic heterocycles. The Kier molecular flexibility index (Phi) is 5.24. The Labute approximate surface area is 167 Å². The van der Waals surface area contributed by atoms with E-state index in [1.807, 2.05) is 19.2 Å². The molecule has 0 spiro atoms. The van der Waals surface area contributed by atoms with E-state index in [-0.39, 0.29) is 12.3 Å². The number of benzene rings is 1. The Morgan fingerprint density at radius 1 is 1.21 bits per heavy atom. The van der Waals surface area contributed by atoms with Gasteiger partial charge in [-0.1, -0.05) is 29.8 Å². The van der Waals surface area contributed by atoms with Crippen molar-refractivity contribution in [1.82, 2.24) is 20.0 Å². The molecule has 0 fully saturated rings. The minimum Gasteiger partial charge on any atom is -0.469 e. The highest BCUT2D eigenvalue weighted by atomic mass is 16.4. The Balaban J connectivity index is 1.30. The van der Waals surface area contributed by atoms with Gasteiger partial charge in [0.15, 0.2) is 0 Å². The maximum absolute atomic E-state index is 12.2. The fourth-order valence-corrected chi connectivity index (χ4v) is 3.03. The Morgan fingerprint density at radius 3 is 2.90 bits per heavy atom. The molecule has 3 heterocycles. The van der Waals surface area contributed by atoms with Crippen LogP contribution in [0.15, 0.2) is 57.8 Å². The van der Waals surface area contributed by atoms with Crippen LogP contribution in [-0.4, -0.2) is 25.9 Å². The number of furan rings is 1. The third-order valence-corrected chi connectivity index (χ3v) is 4.47. The van der Waals surface area contributed by atoms with E-state index >= 15 is 0 Å². The molecule has 0 radical (unpaired) electrons. The summed E-state index contributed by atoms with van der Waals surface area (Å²) in [5.74, 6) is 1.37. The number of aromatic nitrogens is 4. The molecular weight excluding hydrogens is 370 g/mol. The van der Waals surface area contributed by atoms with Gasteiger partial charge in [0, 0.05) is 19.0 Å². The first-order valence-corrected chi connectivity index (χ1v) is 9.31. The highest BCUT2D eigenvalue weighted by Gasteiger charge is 2.14. The quantitative estimate of drug-likeness (QED) is 0.515. The molecule has 0 bridgehead atoms. The summed E-state index contributed by atoms with van der Waals surface area (Å²) in [5, 5.41) is 15.2. The largest absolute Gasteiger partial charge is 0.469 e. The monoisotopic (exact) mass is 391 g/mol. The van der Waals surface area contributed by atoms with Crippen molar-refractivity contribution in [3.63, 3.8) is 0 Å². The molecule has 4 aromatic rings. The first-order chi connectivity index (χ1) is 14.1. The third-order valence-electron chi connectivity index (χ3n) is 4.47.